The van der Waals surface area contributed by atoms with Gasteiger partial charge in [-0.05, 0) is 44.6 Å². The Bertz CT molecular complexity index is 356. The lowest BCUT2D eigenvalue weighted by atomic mass is 9.72. The maximum absolute atomic E-state index is 11.6. The maximum atomic E-state index is 11.6. The molecule has 0 bridgehead atoms. The van der Waals surface area contributed by atoms with Gasteiger partial charge in [0.15, 0.2) is 0 Å². The molecule has 2 rings (SSSR count). The molecular weight excluding hydrogens is 200 g/mol. The highest BCUT2D eigenvalue weighted by Gasteiger charge is 2.48. The molecule has 1 aliphatic heterocycles. The van der Waals surface area contributed by atoms with Crippen LogP contribution in [-0.4, -0.2) is 11.6 Å². The molecular formula is C14H20O2. The zero-order chi connectivity index (χ0) is 11.9. The van der Waals surface area contributed by atoms with Gasteiger partial charge in [0.05, 0.1) is 0 Å². The Balaban J connectivity index is 2.39. The van der Waals surface area contributed by atoms with Crippen LogP contribution in [0.15, 0.2) is 23.3 Å². The van der Waals surface area contributed by atoms with E-state index in [4.69, 9.17) is 4.74 Å². The fourth-order valence-corrected chi connectivity index (χ4v) is 3.10. The number of rotatable bonds is 0. The van der Waals surface area contributed by atoms with E-state index in [-0.39, 0.29) is 11.6 Å². The number of allylic oxidation sites excluding steroid dienone is 1. The molecule has 2 fully saturated rings. The SMILES string of the molecule is C=C1CC2(CC(C)CCC2=C(C)C)OC1=O. The molecule has 1 aliphatic carbocycles. The molecule has 88 valence electrons. The van der Waals surface area contributed by atoms with Gasteiger partial charge in [-0.1, -0.05) is 19.1 Å². The van der Waals surface area contributed by atoms with Crippen molar-refractivity contribution in [3.63, 3.8) is 0 Å². The van der Waals surface area contributed by atoms with E-state index in [1.54, 1.807) is 0 Å². The van der Waals surface area contributed by atoms with Gasteiger partial charge in [-0.2, -0.15) is 0 Å². The zero-order valence-corrected chi connectivity index (χ0v) is 10.4. The summed E-state index contributed by atoms with van der Waals surface area (Å²) in [6.45, 7) is 10.3. The number of carbonyl (C=O) groups excluding carboxylic acids is 1. The van der Waals surface area contributed by atoms with Crippen LogP contribution in [0, 0.1) is 5.92 Å². The first kappa shape index (κ1) is 11.4. The molecule has 0 aromatic carbocycles. The number of hydrogen-bond donors (Lipinski definition) is 0. The van der Waals surface area contributed by atoms with Crippen LogP contribution in [0.1, 0.15) is 46.5 Å². The number of esters is 1. The van der Waals surface area contributed by atoms with Crippen molar-refractivity contribution in [1.82, 2.24) is 0 Å². The first-order valence-corrected chi connectivity index (χ1v) is 6.02. The predicted octanol–water partition coefficient (Wildman–Crippen LogP) is 3.38. The van der Waals surface area contributed by atoms with Crippen LogP contribution in [0.25, 0.3) is 0 Å². The number of ether oxygens (including phenoxy) is 1. The lowest BCUT2D eigenvalue weighted by Gasteiger charge is -2.38. The largest absolute Gasteiger partial charge is 0.451 e. The standard InChI is InChI=1S/C14H20O2/c1-9(2)12-6-5-10(3)7-14(12)8-11(4)13(15)16-14/h10H,4-8H2,1-3H3. The van der Waals surface area contributed by atoms with Crippen LogP contribution in [0.2, 0.25) is 0 Å². The second-order valence-electron chi connectivity index (χ2n) is 5.49. The molecule has 0 amide bonds. The highest BCUT2D eigenvalue weighted by atomic mass is 16.6. The summed E-state index contributed by atoms with van der Waals surface area (Å²) in [6.07, 6.45) is 3.91. The van der Waals surface area contributed by atoms with Gasteiger partial charge in [-0.3, -0.25) is 0 Å². The van der Waals surface area contributed by atoms with Crippen molar-refractivity contribution < 1.29 is 9.53 Å². The highest BCUT2D eigenvalue weighted by molar-refractivity contribution is 5.91. The Kier molecular flexibility index (Phi) is 2.69. The van der Waals surface area contributed by atoms with Gasteiger partial charge in [0.2, 0.25) is 0 Å². The van der Waals surface area contributed by atoms with Crippen LogP contribution in [0.3, 0.4) is 0 Å². The van der Waals surface area contributed by atoms with Crippen molar-refractivity contribution in [2.75, 3.05) is 0 Å². The summed E-state index contributed by atoms with van der Waals surface area (Å²) >= 11 is 0. The van der Waals surface area contributed by atoms with Gasteiger partial charge >= 0.3 is 5.97 Å². The predicted molar refractivity (Wildman–Crippen MR) is 64.0 cm³/mol. The summed E-state index contributed by atoms with van der Waals surface area (Å²) in [5.74, 6) is 0.426. The fraction of sp³-hybridized carbons (Fsp3) is 0.643. The molecule has 2 atom stereocenters. The molecule has 2 heteroatoms. The monoisotopic (exact) mass is 220 g/mol. The average Bonchev–Trinajstić information content (AvgIpc) is 2.41. The van der Waals surface area contributed by atoms with Crippen molar-refractivity contribution >= 4 is 5.97 Å². The van der Waals surface area contributed by atoms with E-state index >= 15 is 0 Å². The van der Waals surface area contributed by atoms with E-state index in [0.717, 1.165) is 12.8 Å². The molecule has 16 heavy (non-hydrogen) atoms. The van der Waals surface area contributed by atoms with E-state index in [9.17, 15) is 4.79 Å². The summed E-state index contributed by atoms with van der Waals surface area (Å²) in [7, 11) is 0. The Morgan fingerprint density at radius 1 is 1.50 bits per heavy atom. The fourth-order valence-electron chi connectivity index (χ4n) is 3.10. The first-order chi connectivity index (χ1) is 7.44. The molecule has 0 aromatic heterocycles. The average molecular weight is 220 g/mol. The Morgan fingerprint density at radius 2 is 2.19 bits per heavy atom. The number of carbonyl (C=O) groups is 1. The minimum atomic E-state index is -0.343. The van der Waals surface area contributed by atoms with Gasteiger partial charge < -0.3 is 4.74 Å². The van der Waals surface area contributed by atoms with E-state index in [1.165, 1.54) is 17.6 Å². The number of hydrogen-bond acceptors (Lipinski definition) is 2. The van der Waals surface area contributed by atoms with E-state index in [2.05, 4.69) is 27.4 Å². The summed E-state index contributed by atoms with van der Waals surface area (Å²) in [4.78, 5) is 11.6. The normalized spacial score (nSPS) is 34.4. The second kappa shape index (κ2) is 3.76. The zero-order valence-electron chi connectivity index (χ0n) is 10.4. The van der Waals surface area contributed by atoms with Crippen molar-refractivity contribution in [3.05, 3.63) is 23.3 Å². The molecule has 0 aromatic rings. The quantitative estimate of drug-likeness (QED) is 0.355. The maximum Gasteiger partial charge on any atom is 0.334 e. The Hall–Kier alpha value is -1.05. The first-order valence-electron chi connectivity index (χ1n) is 6.02. The smallest absolute Gasteiger partial charge is 0.334 e. The summed E-state index contributed by atoms with van der Waals surface area (Å²) in [6, 6.07) is 0. The molecule has 1 saturated heterocycles. The minimum Gasteiger partial charge on any atom is -0.451 e. The third-order valence-corrected chi connectivity index (χ3v) is 3.79. The molecule has 1 spiro atoms. The third kappa shape index (κ3) is 1.70. The molecule has 2 unspecified atom stereocenters. The second-order valence-corrected chi connectivity index (χ2v) is 5.49. The Labute approximate surface area is 97.4 Å². The van der Waals surface area contributed by atoms with E-state index in [1.807, 2.05) is 0 Å². The lowest BCUT2D eigenvalue weighted by Crippen LogP contribution is -2.37. The van der Waals surface area contributed by atoms with Gasteiger partial charge in [0, 0.05) is 12.0 Å². The van der Waals surface area contributed by atoms with E-state index < -0.39 is 0 Å². The van der Waals surface area contributed by atoms with Gasteiger partial charge in [0.1, 0.15) is 5.60 Å². The van der Waals surface area contributed by atoms with Crippen LogP contribution in [-0.2, 0) is 9.53 Å². The van der Waals surface area contributed by atoms with Crippen molar-refractivity contribution in [2.45, 2.75) is 52.1 Å². The van der Waals surface area contributed by atoms with E-state index in [0.29, 0.717) is 17.9 Å². The molecule has 0 radical (unpaired) electrons. The summed E-state index contributed by atoms with van der Waals surface area (Å²) < 4.78 is 5.65. The van der Waals surface area contributed by atoms with Crippen LogP contribution < -0.4 is 0 Å². The Morgan fingerprint density at radius 3 is 2.69 bits per heavy atom. The van der Waals surface area contributed by atoms with Crippen molar-refractivity contribution in [2.24, 2.45) is 5.92 Å². The summed E-state index contributed by atoms with van der Waals surface area (Å²) in [5.41, 5.74) is 2.92. The van der Waals surface area contributed by atoms with Crippen molar-refractivity contribution in [1.29, 1.82) is 0 Å². The highest BCUT2D eigenvalue weighted by Crippen LogP contribution is 2.48. The van der Waals surface area contributed by atoms with Gasteiger partial charge in [0.25, 0.3) is 0 Å². The molecule has 1 saturated carbocycles. The molecule has 1 heterocycles. The van der Waals surface area contributed by atoms with Gasteiger partial charge in [-0.15, -0.1) is 0 Å². The third-order valence-electron chi connectivity index (χ3n) is 3.79. The van der Waals surface area contributed by atoms with Crippen molar-refractivity contribution in [3.8, 4) is 0 Å². The van der Waals surface area contributed by atoms with Crippen LogP contribution >= 0.6 is 0 Å². The molecule has 0 N–H and O–H groups in total. The van der Waals surface area contributed by atoms with Crippen LogP contribution in [0.5, 0.6) is 0 Å². The summed E-state index contributed by atoms with van der Waals surface area (Å²) in [5, 5.41) is 0. The minimum absolute atomic E-state index is 0.201. The van der Waals surface area contributed by atoms with Gasteiger partial charge in [-0.25, -0.2) is 4.79 Å². The lowest BCUT2D eigenvalue weighted by molar-refractivity contribution is -0.145. The topological polar surface area (TPSA) is 26.3 Å². The van der Waals surface area contributed by atoms with Crippen LogP contribution in [0.4, 0.5) is 0 Å². The molecule has 2 nitrogen and oxygen atoms in total. The molecule has 2 aliphatic rings.